The molecule has 0 spiro atoms. The average Bonchev–Trinajstić information content (AvgIpc) is 2.75. The molecule has 0 amide bonds. The molecule has 0 unspecified atom stereocenters. The van der Waals surface area contributed by atoms with Crippen LogP contribution in [-0.4, -0.2) is 12.1 Å². The standard InChI is InChI=1S/C24H47N/c1-13-15-18-17(3)20(6,7)24(12)23(11,19(4,5)14-2)22(10,16-25-24)21(18,8)9/h17-18,25H,13-16H2,1-12H3/t17-,18-,22+,23-,24+/m0/s1. The minimum absolute atomic E-state index is 0.132. The molecule has 1 N–H and O–H groups in total. The molecular formula is C24H47N. The summed E-state index contributed by atoms with van der Waals surface area (Å²) in [7, 11) is 0. The second kappa shape index (κ2) is 5.73. The summed E-state index contributed by atoms with van der Waals surface area (Å²) in [6, 6.07) is 0. The van der Waals surface area contributed by atoms with Gasteiger partial charge in [-0.1, -0.05) is 89.0 Å². The zero-order chi connectivity index (χ0) is 19.7. The third kappa shape index (κ3) is 2.11. The first kappa shape index (κ1) is 21.3. The van der Waals surface area contributed by atoms with Crippen molar-refractivity contribution < 1.29 is 0 Å². The molecule has 1 aliphatic heterocycles. The van der Waals surface area contributed by atoms with E-state index in [0.717, 1.165) is 12.5 Å². The van der Waals surface area contributed by atoms with Crippen LogP contribution in [-0.2, 0) is 0 Å². The Morgan fingerprint density at radius 2 is 1.44 bits per heavy atom. The number of fused-ring (bicyclic) bond motifs is 2. The van der Waals surface area contributed by atoms with E-state index in [1.54, 1.807) is 0 Å². The molecule has 1 aliphatic carbocycles. The van der Waals surface area contributed by atoms with Gasteiger partial charge in [0.25, 0.3) is 0 Å². The molecule has 25 heavy (non-hydrogen) atoms. The van der Waals surface area contributed by atoms with Crippen LogP contribution in [0.4, 0.5) is 0 Å². The molecule has 2 bridgehead atoms. The molecular weight excluding hydrogens is 302 g/mol. The van der Waals surface area contributed by atoms with Gasteiger partial charge in [0.1, 0.15) is 0 Å². The van der Waals surface area contributed by atoms with Crippen molar-refractivity contribution in [3.05, 3.63) is 0 Å². The Balaban J connectivity index is 2.89. The van der Waals surface area contributed by atoms with Gasteiger partial charge in [-0.05, 0) is 52.3 Å². The van der Waals surface area contributed by atoms with Gasteiger partial charge >= 0.3 is 0 Å². The third-order valence-electron chi connectivity index (χ3n) is 11.1. The van der Waals surface area contributed by atoms with Crippen LogP contribution < -0.4 is 5.32 Å². The SMILES string of the molecule is CCC[C@H]1[C@H](C)C(C)(C)[C@@]2(C)NC[C@](C)(C1(C)C)[C@]2(C)C(C)(C)CC. The molecule has 2 rings (SSSR count). The zero-order valence-electron chi connectivity index (χ0n) is 19.5. The van der Waals surface area contributed by atoms with Crippen molar-refractivity contribution in [1.82, 2.24) is 5.32 Å². The Morgan fingerprint density at radius 3 is 1.88 bits per heavy atom. The average molecular weight is 350 g/mol. The van der Waals surface area contributed by atoms with Gasteiger partial charge in [0.05, 0.1) is 0 Å². The largest absolute Gasteiger partial charge is 0.310 e. The van der Waals surface area contributed by atoms with Crippen LogP contribution in [0.2, 0.25) is 0 Å². The fourth-order valence-electron chi connectivity index (χ4n) is 7.69. The second-order valence-electron chi connectivity index (χ2n) is 11.8. The predicted molar refractivity (Wildman–Crippen MR) is 112 cm³/mol. The quantitative estimate of drug-likeness (QED) is 0.581. The molecule has 1 heteroatoms. The molecule has 2 fully saturated rings. The van der Waals surface area contributed by atoms with Crippen LogP contribution in [0.25, 0.3) is 0 Å². The summed E-state index contributed by atoms with van der Waals surface area (Å²) in [6.07, 6.45) is 3.88. The third-order valence-corrected chi connectivity index (χ3v) is 11.1. The Kier molecular flexibility index (Phi) is 4.87. The summed E-state index contributed by atoms with van der Waals surface area (Å²) in [6.45, 7) is 31.7. The van der Waals surface area contributed by atoms with Crippen molar-refractivity contribution in [1.29, 1.82) is 0 Å². The van der Waals surface area contributed by atoms with Crippen molar-refractivity contribution >= 4 is 0 Å². The van der Waals surface area contributed by atoms with Crippen molar-refractivity contribution in [2.24, 2.45) is 38.9 Å². The first-order valence-electron chi connectivity index (χ1n) is 10.9. The molecule has 0 aromatic carbocycles. The first-order valence-corrected chi connectivity index (χ1v) is 10.9. The fourth-order valence-corrected chi connectivity index (χ4v) is 7.69. The van der Waals surface area contributed by atoms with Gasteiger partial charge in [-0.2, -0.15) is 0 Å². The Labute approximate surface area is 159 Å². The maximum atomic E-state index is 4.15. The van der Waals surface area contributed by atoms with Crippen molar-refractivity contribution in [2.75, 3.05) is 6.54 Å². The molecule has 0 aromatic rings. The van der Waals surface area contributed by atoms with E-state index in [9.17, 15) is 0 Å². The van der Waals surface area contributed by atoms with E-state index >= 15 is 0 Å². The molecule has 1 heterocycles. The molecule has 0 aromatic heterocycles. The van der Waals surface area contributed by atoms with E-state index in [-0.39, 0.29) is 27.2 Å². The van der Waals surface area contributed by atoms with E-state index in [1.165, 1.54) is 19.3 Å². The first-order chi connectivity index (χ1) is 11.1. The van der Waals surface area contributed by atoms with Crippen LogP contribution >= 0.6 is 0 Å². The highest BCUT2D eigenvalue weighted by atomic mass is 15.1. The summed E-state index contributed by atoms with van der Waals surface area (Å²) >= 11 is 0. The van der Waals surface area contributed by atoms with Crippen molar-refractivity contribution in [3.63, 3.8) is 0 Å². The monoisotopic (exact) mass is 349 g/mol. The van der Waals surface area contributed by atoms with Gasteiger partial charge in [-0.15, -0.1) is 0 Å². The van der Waals surface area contributed by atoms with Gasteiger partial charge in [0.15, 0.2) is 0 Å². The Hall–Kier alpha value is -0.0400. The highest BCUT2D eigenvalue weighted by Crippen LogP contribution is 2.76. The minimum Gasteiger partial charge on any atom is -0.310 e. The van der Waals surface area contributed by atoms with Crippen molar-refractivity contribution in [2.45, 2.75) is 108 Å². The summed E-state index contributed by atoms with van der Waals surface area (Å²) < 4.78 is 0. The number of hydrogen-bond acceptors (Lipinski definition) is 1. The van der Waals surface area contributed by atoms with E-state index < -0.39 is 0 Å². The molecule has 1 saturated carbocycles. The molecule has 5 atom stereocenters. The van der Waals surface area contributed by atoms with E-state index in [2.05, 4.69) is 88.4 Å². The summed E-state index contributed by atoms with van der Waals surface area (Å²) in [5, 5.41) is 4.15. The number of hydrogen-bond donors (Lipinski definition) is 1. The van der Waals surface area contributed by atoms with Gasteiger partial charge in [0.2, 0.25) is 0 Å². The molecule has 1 nitrogen and oxygen atoms in total. The Bertz CT molecular complexity index is 516. The number of rotatable bonds is 4. The van der Waals surface area contributed by atoms with Gasteiger partial charge in [-0.3, -0.25) is 0 Å². The van der Waals surface area contributed by atoms with E-state index in [0.29, 0.717) is 11.3 Å². The van der Waals surface area contributed by atoms with Crippen LogP contribution in [0.15, 0.2) is 0 Å². The maximum absolute atomic E-state index is 4.15. The summed E-state index contributed by atoms with van der Waals surface area (Å²) in [5.41, 5.74) is 1.48. The maximum Gasteiger partial charge on any atom is 0.0271 e. The predicted octanol–water partition coefficient (Wildman–Crippen LogP) is 6.92. The van der Waals surface area contributed by atoms with Crippen LogP contribution in [0.5, 0.6) is 0 Å². The van der Waals surface area contributed by atoms with Crippen LogP contribution in [0.1, 0.15) is 102 Å². The molecule has 148 valence electrons. The second-order valence-corrected chi connectivity index (χ2v) is 11.8. The minimum atomic E-state index is 0.132. The van der Waals surface area contributed by atoms with Gasteiger partial charge in [0, 0.05) is 12.1 Å². The van der Waals surface area contributed by atoms with Gasteiger partial charge in [-0.25, -0.2) is 0 Å². The zero-order valence-corrected chi connectivity index (χ0v) is 19.5. The normalized spacial score (nSPS) is 46.1. The lowest BCUT2D eigenvalue weighted by Crippen LogP contribution is -2.66. The molecule has 1 saturated heterocycles. The molecule has 2 aliphatic rings. The fraction of sp³-hybridized carbons (Fsp3) is 1.00. The van der Waals surface area contributed by atoms with E-state index in [1.807, 2.05) is 0 Å². The van der Waals surface area contributed by atoms with Crippen molar-refractivity contribution in [3.8, 4) is 0 Å². The van der Waals surface area contributed by atoms with E-state index in [4.69, 9.17) is 0 Å². The Morgan fingerprint density at radius 1 is 0.920 bits per heavy atom. The summed E-state index contributed by atoms with van der Waals surface area (Å²) in [5.74, 6) is 1.47. The lowest BCUT2D eigenvalue weighted by atomic mass is 9.40. The summed E-state index contributed by atoms with van der Waals surface area (Å²) in [4.78, 5) is 0. The lowest BCUT2D eigenvalue weighted by molar-refractivity contribution is -0.134. The van der Waals surface area contributed by atoms with Crippen LogP contribution in [0, 0.1) is 38.9 Å². The molecule has 0 radical (unpaired) electrons. The topological polar surface area (TPSA) is 12.0 Å². The lowest BCUT2D eigenvalue weighted by Gasteiger charge is -2.63. The highest BCUT2D eigenvalue weighted by Gasteiger charge is 2.77. The van der Waals surface area contributed by atoms with Gasteiger partial charge < -0.3 is 5.32 Å². The number of nitrogens with one attached hydrogen (secondary N) is 1. The highest BCUT2D eigenvalue weighted by molar-refractivity contribution is 5.28. The van der Waals surface area contributed by atoms with Crippen LogP contribution in [0.3, 0.4) is 0 Å². The smallest absolute Gasteiger partial charge is 0.0271 e.